The number of carbonyl (C=O) groups is 2. The zero-order chi connectivity index (χ0) is 17.1. The molecule has 0 amide bonds. The van der Waals surface area contributed by atoms with Crippen LogP contribution in [0.25, 0.3) is 10.8 Å². The maximum absolute atomic E-state index is 11.6. The zero-order valence-corrected chi connectivity index (χ0v) is 13.3. The van der Waals surface area contributed by atoms with Gasteiger partial charge in [-0.2, -0.15) is 0 Å². The number of thioether (sulfide) groups is 1. The van der Waals surface area contributed by atoms with Crippen LogP contribution in [-0.2, 0) is 4.79 Å². The van der Waals surface area contributed by atoms with Crippen LogP contribution in [0, 0.1) is 0 Å². The number of fused-ring (bicyclic) bond motifs is 1. The summed E-state index contributed by atoms with van der Waals surface area (Å²) in [6.45, 7) is 0. The van der Waals surface area contributed by atoms with Crippen LogP contribution >= 0.6 is 11.8 Å². The van der Waals surface area contributed by atoms with Crippen molar-refractivity contribution in [2.24, 2.45) is 0 Å². The van der Waals surface area contributed by atoms with Crippen molar-refractivity contribution in [2.45, 2.75) is 10.1 Å². The lowest BCUT2D eigenvalue weighted by atomic mass is 10.0. The van der Waals surface area contributed by atoms with E-state index in [0.717, 1.165) is 11.8 Å². The summed E-state index contributed by atoms with van der Waals surface area (Å²) >= 11 is 1.06. The van der Waals surface area contributed by atoms with Crippen molar-refractivity contribution in [1.29, 1.82) is 0 Å². The molecule has 4 nitrogen and oxygen atoms in total. The second kappa shape index (κ2) is 6.76. The highest BCUT2D eigenvalue weighted by molar-refractivity contribution is 8.00. The minimum Gasteiger partial charge on any atom is -0.549 e. The van der Waals surface area contributed by atoms with Crippen LogP contribution in [-0.4, -0.2) is 11.9 Å². The molecule has 0 spiro atoms. The number of carboxylic acids is 2. The van der Waals surface area contributed by atoms with Gasteiger partial charge in [-0.05, 0) is 17.0 Å². The number of aromatic carboxylic acids is 1. The summed E-state index contributed by atoms with van der Waals surface area (Å²) in [7, 11) is 0. The van der Waals surface area contributed by atoms with Gasteiger partial charge in [-0.3, -0.25) is 0 Å². The third-order valence-electron chi connectivity index (χ3n) is 3.65. The Labute approximate surface area is 142 Å². The topological polar surface area (TPSA) is 80.3 Å². The molecule has 120 valence electrons. The minimum atomic E-state index is -1.29. The van der Waals surface area contributed by atoms with Crippen molar-refractivity contribution in [2.75, 3.05) is 0 Å². The van der Waals surface area contributed by atoms with Crippen molar-refractivity contribution in [3.63, 3.8) is 0 Å². The third-order valence-corrected chi connectivity index (χ3v) is 4.94. The van der Waals surface area contributed by atoms with E-state index in [2.05, 4.69) is 0 Å². The van der Waals surface area contributed by atoms with Gasteiger partial charge in [0.1, 0.15) is 0 Å². The molecule has 0 bridgehead atoms. The van der Waals surface area contributed by atoms with Gasteiger partial charge in [0, 0.05) is 15.8 Å². The fraction of sp³-hybridized carbons (Fsp3) is 0.0526. The summed E-state index contributed by atoms with van der Waals surface area (Å²) in [6.07, 6.45) is 0. The Morgan fingerprint density at radius 1 is 0.833 bits per heavy atom. The summed E-state index contributed by atoms with van der Waals surface area (Å²) in [4.78, 5) is 23.6. The molecule has 3 aromatic rings. The standard InChI is InChI=1S/C19H14O4S/c20-18(21)14-10-4-8-12-9-5-11-15(16(12)14)24-17(19(22)23)13-6-2-1-3-7-13/h1-11,17H,(H,20,21)(H,22,23)/p-2/t17-/m0/s1. The van der Waals surface area contributed by atoms with Crippen molar-refractivity contribution < 1.29 is 19.8 Å². The maximum atomic E-state index is 11.6. The third kappa shape index (κ3) is 3.12. The summed E-state index contributed by atoms with van der Waals surface area (Å²) in [6, 6.07) is 18.8. The molecule has 0 aromatic heterocycles. The molecule has 0 heterocycles. The molecule has 0 saturated heterocycles. The molecule has 0 aliphatic rings. The number of carboxylic acid groups (broad SMARTS) is 2. The van der Waals surface area contributed by atoms with Crippen LogP contribution in [0.5, 0.6) is 0 Å². The second-order valence-electron chi connectivity index (χ2n) is 5.17. The quantitative estimate of drug-likeness (QED) is 0.664. The summed E-state index contributed by atoms with van der Waals surface area (Å²) in [5.74, 6) is -2.52. The molecule has 0 fully saturated rings. The molecule has 5 heteroatoms. The van der Waals surface area contributed by atoms with E-state index in [9.17, 15) is 19.8 Å². The predicted octanol–water partition coefficient (Wildman–Crippen LogP) is 1.79. The lowest BCUT2D eigenvalue weighted by Gasteiger charge is -2.20. The average Bonchev–Trinajstić information content (AvgIpc) is 2.59. The van der Waals surface area contributed by atoms with E-state index in [1.54, 1.807) is 60.7 Å². The lowest BCUT2D eigenvalue weighted by Crippen LogP contribution is -2.28. The Morgan fingerprint density at radius 3 is 2.12 bits per heavy atom. The fourth-order valence-corrected chi connectivity index (χ4v) is 3.73. The molecule has 0 N–H and O–H groups in total. The number of hydrogen-bond donors (Lipinski definition) is 0. The van der Waals surface area contributed by atoms with E-state index in [1.165, 1.54) is 6.07 Å². The van der Waals surface area contributed by atoms with Crippen LogP contribution in [0.2, 0.25) is 0 Å². The first-order chi connectivity index (χ1) is 11.6. The van der Waals surface area contributed by atoms with E-state index in [1.807, 2.05) is 0 Å². The molecule has 0 radical (unpaired) electrons. The smallest absolute Gasteiger partial charge is 0.0739 e. The Bertz CT molecular complexity index is 900. The summed E-state index contributed by atoms with van der Waals surface area (Å²) in [5, 5.41) is 23.3. The molecule has 3 aromatic carbocycles. The van der Waals surface area contributed by atoms with Crippen molar-refractivity contribution in [1.82, 2.24) is 0 Å². The molecule has 0 saturated carbocycles. The highest BCUT2D eigenvalue weighted by atomic mass is 32.2. The molecular formula is C19H12O4S-2. The fourth-order valence-electron chi connectivity index (χ4n) is 2.58. The number of hydrogen-bond acceptors (Lipinski definition) is 5. The number of rotatable bonds is 5. The van der Waals surface area contributed by atoms with E-state index in [0.29, 0.717) is 21.2 Å². The van der Waals surface area contributed by atoms with Gasteiger partial charge < -0.3 is 19.8 Å². The first kappa shape index (κ1) is 16.1. The van der Waals surface area contributed by atoms with E-state index < -0.39 is 17.2 Å². The van der Waals surface area contributed by atoms with Gasteiger partial charge in [0.25, 0.3) is 0 Å². The van der Waals surface area contributed by atoms with Gasteiger partial charge >= 0.3 is 0 Å². The van der Waals surface area contributed by atoms with Crippen molar-refractivity contribution in [3.8, 4) is 0 Å². The van der Waals surface area contributed by atoms with E-state index in [4.69, 9.17) is 0 Å². The molecule has 0 unspecified atom stereocenters. The van der Waals surface area contributed by atoms with Crippen LogP contribution in [0.15, 0.2) is 71.6 Å². The average molecular weight is 336 g/mol. The van der Waals surface area contributed by atoms with Gasteiger partial charge in [-0.25, -0.2) is 0 Å². The highest BCUT2D eigenvalue weighted by Gasteiger charge is 2.17. The van der Waals surface area contributed by atoms with Crippen molar-refractivity contribution in [3.05, 3.63) is 77.9 Å². The van der Waals surface area contributed by atoms with E-state index in [-0.39, 0.29) is 5.56 Å². The number of aliphatic carboxylic acids is 1. The SMILES string of the molecule is O=C([O-])c1cccc2cccc(S[C@H](C(=O)[O-])c3ccccc3)c12. The zero-order valence-electron chi connectivity index (χ0n) is 12.5. The Balaban J connectivity index is 2.12. The van der Waals surface area contributed by atoms with Gasteiger partial charge in [0.2, 0.25) is 0 Å². The van der Waals surface area contributed by atoms with Crippen LogP contribution in [0.4, 0.5) is 0 Å². The molecule has 0 aliphatic heterocycles. The van der Waals surface area contributed by atoms with E-state index >= 15 is 0 Å². The van der Waals surface area contributed by atoms with Crippen LogP contribution in [0.3, 0.4) is 0 Å². The lowest BCUT2D eigenvalue weighted by molar-refractivity contribution is -0.305. The summed E-state index contributed by atoms with van der Waals surface area (Å²) < 4.78 is 0. The van der Waals surface area contributed by atoms with Crippen LogP contribution < -0.4 is 10.2 Å². The first-order valence-electron chi connectivity index (χ1n) is 7.23. The van der Waals surface area contributed by atoms with Crippen LogP contribution in [0.1, 0.15) is 21.2 Å². The normalized spacial score (nSPS) is 12.0. The predicted molar refractivity (Wildman–Crippen MR) is 88.3 cm³/mol. The number of carbonyl (C=O) groups excluding carboxylic acids is 2. The number of benzene rings is 3. The minimum absolute atomic E-state index is 0.0424. The van der Waals surface area contributed by atoms with Gasteiger partial charge in [0.15, 0.2) is 0 Å². The first-order valence-corrected chi connectivity index (χ1v) is 8.11. The largest absolute Gasteiger partial charge is 0.549 e. The Kier molecular flexibility index (Phi) is 4.53. The van der Waals surface area contributed by atoms with Gasteiger partial charge in [-0.1, -0.05) is 60.7 Å². The molecule has 1 atom stereocenters. The van der Waals surface area contributed by atoms with Gasteiger partial charge in [0.05, 0.1) is 17.2 Å². The molecule has 24 heavy (non-hydrogen) atoms. The molecule has 3 rings (SSSR count). The summed E-state index contributed by atoms with van der Waals surface area (Å²) in [5.41, 5.74) is 0.631. The Hall–Kier alpha value is -2.79. The molecular weight excluding hydrogens is 324 g/mol. The second-order valence-corrected chi connectivity index (χ2v) is 6.32. The molecule has 0 aliphatic carbocycles. The van der Waals surface area contributed by atoms with Crippen molar-refractivity contribution >= 4 is 34.5 Å². The monoisotopic (exact) mass is 336 g/mol. The highest BCUT2D eigenvalue weighted by Crippen LogP contribution is 2.39. The maximum Gasteiger partial charge on any atom is 0.0739 e. The van der Waals surface area contributed by atoms with Gasteiger partial charge in [-0.15, -0.1) is 11.8 Å². The Morgan fingerprint density at radius 2 is 1.50 bits per heavy atom.